The zero-order valence-electron chi connectivity index (χ0n) is 17.2. The quantitative estimate of drug-likeness (QED) is 0.347. The lowest BCUT2D eigenvalue weighted by atomic mass is 9.93. The third-order valence-corrected chi connectivity index (χ3v) is 6.40. The predicted molar refractivity (Wildman–Crippen MR) is 123 cm³/mol. The standard InChI is InChI=1S/C26H22ClFN2O/c1-29-22-10-5-4-9-21(22)23(24(29)17-11-13-18(28)14-12-17)25-19-7-2-3-8-20(19)26(31)30(25)16-6-15-27/h2-5,7-14,25H,6,15-16H2,1H3/t25-/m0/s1. The Morgan fingerprint density at radius 3 is 2.45 bits per heavy atom. The number of aryl methyl sites for hydroxylation is 1. The number of carbonyl (C=O) groups is 1. The molecule has 1 aliphatic rings. The molecule has 3 nitrogen and oxygen atoms in total. The molecule has 5 rings (SSSR count). The van der Waals surface area contributed by atoms with Crippen LogP contribution < -0.4 is 0 Å². The Kier molecular flexibility index (Phi) is 5.03. The number of alkyl halides is 1. The minimum atomic E-state index is -0.269. The monoisotopic (exact) mass is 432 g/mol. The van der Waals surface area contributed by atoms with Gasteiger partial charge in [0.2, 0.25) is 0 Å². The Hall–Kier alpha value is -3.11. The number of amides is 1. The van der Waals surface area contributed by atoms with Crippen LogP contribution in [0.4, 0.5) is 4.39 Å². The number of rotatable bonds is 5. The molecule has 3 aromatic carbocycles. The highest BCUT2D eigenvalue weighted by Gasteiger charge is 2.40. The number of hydrogen-bond acceptors (Lipinski definition) is 1. The summed E-state index contributed by atoms with van der Waals surface area (Å²) in [6, 6.07) is 22.4. The van der Waals surface area contributed by atoms with Gasteiger partial charge in [-0.3, -0.25) is 4.79 Å². The van der Waals surface area contributed by atoms with Crippen molar-refractivity contribution in [1.82, 2.24) is 9.47 Å². The molecule has 0 bridgehead atoms. The van der Waals surface area contributed by atoms with E-state index in [1.165, 1.54) is 12.1 Å². The van der Waals surface area contributed by atoms with Gasteiger partial charge in [0.1, 0.15) is 5.82 Å². The molecule has 1 aliphatic heterocycles. The average molecular weight is 433 g/mol. The van der Waals surface area contributed by atoms with Crippen molar-refractivity contribution in [3.63, 3.8) is 0 Å². The lowest BCUT2D eigenvalue weighted by Crippen LogP contribution is -2.30. The van der Waals surface area contributed by atoms with Gasteiger partial charge < -0.3 is 9.47 Å². The zero-order valence-corrected chi connectivity index (χ0v) is 17.9. The summed E-state index contributed by atoms with van der Waals surface area (Å²) in [5.74, 6) is 0.255. The van der Waals surface area contributed by atoms with Crippen molar-refractivity contribution in [3.05, 3.63) is 95.3 Å². The molecule has 5 heteroatoms. The van der Waals surface area contributed by atoms with E-state index >= 15 is 0 Å². The van der Waals surface area contributed by atoms with Crippen molar-refractivity contribution in [2.75, 3.05) is 12.4 Å². The Labute approximate surface area is 185 Å². The van der Waals surface area contributed by atoms with Crippen molar-refractivity contribution in [3.8, 4) is 11.3 Å². The van der Waals surface area contributed by atoms with Crippen LogP contribution in [0.15, 0.2) is 72.8 Å². The van der Waals surface area contributed by atoms with E-state index in [0.29, 0.717) is 18.8 Å². The molecule has 156 valence electrons. The maximum atomic E-state index is 13.7. The van der Waals surface area contributed by atoms with Gasteiger partial charge in [-0.2, -0.15) is 0 Å². The molecule has 2 heterocycles. The first kappa shape index (κ1) is 19.8. The fourth-order valence-corrected chi connectivity index (χ4v) is 4.92. The number of para-hydroxylation sites is 1. The molecule has 0 N–H and O–H groups in total. The van der Waals surface area contributed by atoms with Crippen molar-refractivity contribution in [2.45, 2.75) is 12.5 Å². The summed E-state index contributed by atoms with van der Waals surface area (Å²) in [6.07, 6.45) is 0.717. The minimum Gasteiger partial charge on any atom is -0.343 e. The van der Waals surface area contributed by atoms with Crippen LogP contribution in [-0.4, -0.2) is 27.8 Å². The van der Waals surface area contributed by atoms with Crippen LogP contribution in [0.5, 0.6) is 0 Å². The number of hydrogen-bond donors (Lipinski definition) is 0. The average Bonchev–Trinajstić information content (AvgIpc) is 3.24. The van der Waals surface area contributed by atoms with Crippen molar-refractivity contribution < 1.29 is 9.18 Å². The van der Waals surface area contributed by atoms with Gasteiger partial charge in [0.25, 0.3) is 5.91 Å². The lowest BCUT2D eigenvalue weighted by molar-refractivity contribution is 0.0751. The number of nitrogens with zero attached hydrogens (tertiary/aromatic N) is 2. The summed E-state index contributed by atoms with van der Waals surface area (Å²) in [4.78, 5) is 15.3. The second kappa shape index (κ2) is 7.86. The third kappa shape index (κ3) is 3.14. The maximum Gasteiger partial charge on any atom is 0.255 e. The summed E-state index contributed by atoms with van der Waals surface area (Å²) in [5.41, 5.74) is 5.79. The summed E-state index contributed by atoms with van der Waals surface area (Å²) < 4.78 is 15.8. The number of aromatic nitrogens is 1. The Bertz CT molecular complexity index is 1280. The van der Waals surface area contributed by atoms with E-state index in [4.69, 9.17) is 11.6 Å². The Balaban J connectivity index is 1.82. The number of benzene rings is 3. The molecule has 0 aliphatic carbocycles. The number of fused-ring (bicyclic) bond motifs is 2. The molecular formula is C26H22ClFN2O. The smallest absolute Gasteiger partial charge is 0.255 e. The predicted octanol–water partition coefficient (Wildman–Crippen LogP) is 6.16. The highest BCUT2D eigenvalue weighted by molar-refractivity contribution is 6.17. The molecule has 1 amide bonds. The van der Waals surface area contributed by atoms with Crippen molar-refractivity contribution in [2.24, 2.45) is 7.05 Å². The largest absolute Gasteiger partial charge is 0.343 e. The topological polar surface area (TPSA) is 25.2 Å². The van der Waals surface area contributed by atoms with Gasteiger partial charge in [0.05, 0.1) is 11.7 Å². The summed E-state index contributed by atoms with van der Waals surface area (Å²) in [5, 5.41) is 1.09. The van der Waals surface area contributed by atoms with Gasteiger partial charge in [-0.05, 0) is 53.9 Å². The summed E-state index contributed by atoms with van der Waals surface area (Å²) in [6.45, 7) is 0.577. The van der Waals surface area contributed by atoms with Crippen molar-refractivity contribution in [1.29, 1.82) is 0 Å². The minimum absolute atomic E-state index is 0.0312. The van der Waals surface area contributed by atoms with Crippen LogP contribution in [0.25, 0.3) is 22.2 Å². The molecule has 0 spiro atoms. The first-order valence-corrected chi connectivity index (χ1v) is 10.9. The fraction of sp³-hybridized carbons (Fsp3) is 0.192. The molecule has 1 aromatic heterocycles. The second-order valence-corrected chi connectivity index (χ2v) is 8.25. The van der Waals surface area contributed by atoms with E-state index in [-0.39, 0.29) is 17.8 Å². The number of carbonyl (C=O) groups excluding carboxylic acids is 1. The molecule has 0 unspecified atom stereocenters. The highest BCUT2D eigenvalue weighted by Crippen LogP contribution is 2.46. The highest BCUT2D eigenvalue weighted by atomic mass is 35.5. The lowest BCUT2D eigenvalue weighted by Gasteiger charge is -2.27. The number of halogens is 2. The molecule has 0 radical (unpaired) electrons. The zero-order chi connectivity index (χ0) is 21.5. The molecular weight excluding hydrogens is 411 g/mol. The van der Waals surface area contributed by atoms with Crippen LogP contribution in [0, 0.1) is 5.82 Å². The first-order valence-electron chi connectivity index (χ1n) is 10.4. The van der Waals surface area contributed by atoms with E-state index in [1.807, 2.05) is 48.3 Å². The fourth-order valence-electron chi connectivity index (χ4n) is 4.80. The van der Waals surface area contributed by atoms with Gasteiger partial charge >= 0.3 is 0 Å². The second-order valence-electron chi connectivity index (χ2n) is 7.88. The van der Waals surface area contributed by atoms with Crippen LogP contribution in [-0.2, 0) is 7.05 Å². The third-order valence-electron chi connectivity index (χ3n) is 6.13. The van der Waals surface area contributed by atoms with Gasteiger partial charge in [-0.15, -0.1) is 11.6 Å². The van der Waals surface area contributed by atoms with Gasteiger partial charge in [0, 0.05) is 41.5 Å². The molecule has 31 heavy (non-hydrogen) atoms. The molecule has 0 saturated carbocycles. The molecule has 4 aromatic rings. The molecule has 0 fully saturated rings. The Morgan fingerprint density at radius 2 is 1.68 bits per heavy atom. The van der Waals surface area contributed by atoms with Gasteiger partial charge in [-0.25, -0.2) is 4.39 Å². The van der Waals surface area contributed by atoms with Crippen LogP contribution >= 0.6 is 11.6 Å². The Morgan fingerprint density at radius 1 is 0.968 bits per heavy atom. The normalized spacial score (nSPS) is 15.6. The van der Waals surface area contributed by atoms with E-state index in [2.05, 4.69) is 16.7 Å². The molecule has 1 atom stereocenters. The first-order chi connectivity index (χ1) is 15.1. The van der Waals surface area contributed by atoms with Crippen LogP contribution in [0.1, 0.15) is 33.9 Å². The van der Waals surface area contributed by atoms with Crippen molar-refractivity contribution >= 4 is 28.4 Å². The maximum absolute atomic E-state index is 13.7. The van der Waals surface area contributed by atoms with Crippen LogP contribution in [0.3, 0.4) is 0 Å². The summed E-state index contributed by atoms with van der Waals surface area (Å²) >= 11 is 6.00. The van der Waals surface area contributed by atoms with E-state index in [1.54, 1.807) is 12.1 Å². The SMILES string of the molecule is Cn1c(-c2ccc(F)cc2)c([C@@H]2c3ccccc3C(=O)N2CCCCl)c2ccccc21. The van der Waals surface area contributed by atoms with E-state index in [9.17, 15) is 9.18 Å². The molecule has 0 saturated heterocycles. The van der Waals surface area contributed by atoms with Crippen LogP contribution in [0.2, 0.25) is 0 Å². The van der Waals surface area contributed by atoms with Gasteiger partial charge in [-0.1, -0.05) is 36.4 Å². The van der Waals surface area contributed by atoms with E-state index < -0.39 is 0 Å². The summed E-state index contributed by atoms with van der Waals surface area (Å²) in [7, 11) is 2.02. The van der Waals surface area contributed by atoms with Gasteiger partial charge in [0.15, 0.2) is 0 Å². The van der Waals surface area contributed by atoms with E-state index in [0.717, 1.165) is 38.9 Å².